The Balaban J connectivity index is 1.79. The molecule has 2 aromatic heterocycles. The highest BCUT2D eigenvalue weighted by atomic mass is 127. The standard InChI is InChI=1S/C36H51IN2O/c1-5-8-10-11-12-17-29-27-32(19-14-25-40-24-7-3)38-36-33(29)21-23-35(39-36)31-20-22-34(37)30(26-31)18-13-16-28(4)15-9-6-2/h6,9,15,21,23,26-27H,5,7-8,10-14,16-20,22,24-25H2,1-4H3/b9-6-,28-15+. The van der Waals surface area contributed by atoms with E-state index in [2.05, 4.69) is 92.8 Å². The smallest absolute Gasteiger partial charge is 0.160 e. The Morgan fingerprint density at radius 1 is 0.925 bits per heavy atom. The molecule has 1 aliphatic rings. The van der Waals surface area contributed by atoms with E-state index in [9.17, 15) is 0 Å². The minimum atomic E-state index is 0.804. The Labute approximate surface area is 257 Å². The van der Waals surface area contributed by atoms with Crippen molar-refractivity contribution in [2.45, 2.75) is 118 Å². The number of aromatic nitrogens is 2. The van der Waals surface area contributed by atoms with Gasteiger partial charge in [0.05, 0.1) is 5.69 Å². The van der Waals surface area contributed by atoms with Crippen molar-refractivity contribution in [3.8, 4) is 0 Å². The Morgan fingerprint density at radius 2 is 1.77 bits per heavy atom. The van der Waals surface area contributed by atoms with Crippen LogP contribution in [-0.4, -0.2) is 23.2 Å². The molecule has 0 aliphatic heterocycles. The summed E-state index contributed by atoms with van der Waals surface area (Å²) in [6.45, 7) is 10.4. The summed E-state index contributed by atoms with van der Waals surface area (Å²) in [5, 5.41) is 1.23. The van der Waals surface area contributed by atoms with Crippen LogP contribution in [0.15, 0.2) is 57.2 Å². The first kappa shape index (κ1) is 32.7. The summed E-state index contributed by atoms with van der Waals surface area (Å²) < 4.78 is 7.25. The van der Waals surface area contributed by atoms with Crippen molar-refractivity contribution in [2.75, 3.05) is 13.2 Å². The minimum absolute atomic E-state index is 0.804. The number of halogens is 1. The molecule has 0 aromatic carbocycles. The van der Waals surface area contributed by atoms with E-state index in [0.717, 1.165) is 81.6 Å². The zero-order valence-electron chi connectivity index (χ0n) is 25.5. The molecule has 0 amide bonds. The number of pyridine rings is 2. The van der Waals surface area contributed by atoms with E-state index in [4.69, 9.17) is 14.7 Å². The molecule has 0 radical (unpaired) electrons. The second-order valence-electron chi connectivity index (χ2n) is 11.2. The van der Waals surface area contributed by atoms with Gasteiger partial charge in [-0.1, -0.05) is 69.4 Å². The van der Waals surface area contributed by atoms with Crippen LogP contribution in [0.4, 0.5) is 0 Å². The number of aryl methyl sites for hydroxylation is 2. The number of allylic oxidation sites excluding steroid dienone is 8. The highest BCUT2D eigenvalue weighted by molar-refractivity contribution is 14.1. The van der Waals surface area contributed by atoms with Gasteiger partial charge in [0.1, 0.15) is 0 Å². The summed E-state index contributed by atoms with van der Waals surface area (Å²) in [6.07, 6.45) is 25.1. The predicted octanol–water partition coefficient (Wildman–Crippen LogP) is 11.1. The molecule has 40 heavy (non-hydrogen) atoms. The van der Waals surface area contributed by atoms with Gasteiger partial charge in [0.2, 0.25) is 0 Å². The number of ether oxygens (including phenoxy) is 1. The molecule has 4 heteroatoms. The van der Waals surface area contributed by atoms with Crippen LogP contribution in [0.25, 0.3) is 16.6 Å². The normalized spacial score (nSPS) is 14.5. The van der Waals surface area contributed by atoms with E-state index < -0.39 is 0 Å². The first-order valence-corrected chi connectivity index (χ1v) is 16.9. The zero-order chi connectivity index (χ0) is 28.6. The number of hydrogen-bond acceptors (Lipinski definition) is 3. The zero-order valence-corrected chi connectivity index (χ0v) is 27.7. The van der Waals surface area contributed by atoms with E-state index in [1.54, 1.807) is 0 Å². The van der Waals surface area contributed by atoms with Crippen molar-refractivity contribution in [1.82, 2.24) is 9.97 Å². The lowest BCUT2D eigenvalue weighted by Gasteiger charge is -2.18. The third-order valence-electron chi connectivity index (χ3n) is 7.66. The van der Waals surface area contributed by atoms with Gasteiger partial charge in [-0.15, -0.1) is 0 Å². The van der Waals surface area contributed by atoms with E-state index >= 15 is 0 Å². The van der Waals surface area contributed by atoms with Crippen molar-refractivity contribution in [1.29, 1.82) is 0 Å². The monoisotopic (exact) mass is 654 g/mol. The summed E-state index contributed by atoms with van der Waals surface area (Å²) in [5.74, 6) is 0. The molecule has 3 rings (SSSR count). The molecule has 3 nitrogen and oxygen atoms in total. The van der Waals surface area contributed by atoms with Crippen LogP contribution in [0.5, 0.6) is 0 Å². The molecule has 0 fully saturated rings. The molecule has 0 spiro atoms. The first-order chi connectivity index (χ1) is 19.5. The summed E-state index contributed by atoms with van der Waals surface area (Å²) >= 11 is 2.56. The third kappa shape index (κ3) is 10.9. The lowest BCUT2D eigenvalue weighted by atomic mass is 9.93. The van der Waals surface area contributed by atoms with Gasteiger partial charge in [0, 0.05) is 24.3 Å². The number of rotatable bonds is 18. The largest absolute Gasteiger partial charge is 0.381 e. The van der Waals surface area contributed by atoms with E-state index in [0.29, 0.717) is 0 Å². The Hall–Kier alpha value is -1.79. The summed E-state index contributed by atoms with van der Waals surface area (Å²) in [7, 11) is 0. The maximum absolute atomic E-state index is 5.74. The van der Waals surface area contributed by atoms with Crippen molar-refractivity contribution in [3.63, 3.8) is 0 Å². The highest BCUT2D eigenvalue weighted by Crippen LogP contribution is 2.36. The van der Waals surface area contributed by atoms with Crippen molar-refractivity contribution in [2.24, 2.45) is 0 Å². The molecule has 0 unspecified atom stereocenters. The van der Waals surface area contributed by atoms with Crippen LogP contribution >= 0.6 is 22.6 Å². The van der Waals surface area contributed by atoms with E-state index in [1.807, 2.05) is 0 Å². The number of hydrogen-bond donors (Lipinski definition) is 0. The van der Waals surface area contributed by atoms with E-state index in [1.165, 1.54) is 69.8 Å². The maximum atomic E-state index is 5.74. The molecule has 218 valence electrons. The van der Waals surface area contributed by atoms with Crippen LogP contribution in [-0.2, 0) is 17.6 Å². The molecule has 0 saturated carbocycles. The van der Waals surface area contributed by atoms with Crippen LogP contribution in [0, 0.1) is 0 Å². The van der Waals surface area contributed by atoms with Gasteiger partial charge in [-0.2, -0.15) is 0 Å². The van der Waals surface area contributed by atoms with Crippen LogP contribution in [0.2, 0.25) is 0 Å². The third-order valence-corrected chi connectivity index (χ3v) is 8.89. The van der Waals surface area contributed by atoms with Crippen LogP contribution in [0.3, 0.4) is 0 Å². The minimum Gasteiger partial charge on any atom is -0.381 e. The van der Waals surface area contributed by atoms with Gasteiger partial charge in [-0.25, -0.2) is 9.97 Å². The fraction of sp³-hybridized carbons (Fsp3) is 0.556. The van der Waals surface area contributed by atoms with Gasteiger partial charge in [-0.3, -0.25) is 0 Å². The van der Waals surface area contributed by atoms with Gasteiger partial charge in [0.25, 0.3) is 0 Å². The summed E-state index contributed by atoms with van der Waals surface area (Å²) in [5.41, 5.74) is 8.90. The number of unbranched alkanes of at least 4 members (excludes halogenated alkanes) is 4. The van der Waals surface area contributed by atoms with Gasteiger partial charge < -0.3 is 4.74 Å². The molecule has 0 N–H and O–H groups in total. The second-order valence-corrected chi connectivity index (χ2v) is 12.5. The maximum Gasteiger partial charge on any atom is 0.160 e. The van der Waals surface area contributed by atoms with Gasteiger partial charge in [0.15, 0.2) is 5.65 Å². The Kier molecular flexibility index (Phi) is 15.2. The van der Waals surface area contributed by atoms with Crippen LogP contribution < -0.4 is 0 Å². The first-order valence-electron chi connectivity index (χ1n) is 15.8. The predicted molar refractivity (Wildman–Crippen MR) is 182 cm³/mol. The average Bonchev–Trinajstić information content (AvgIpc) is 2.96. The summed E-state index contributed by atoms with van der Waals surface area (Å²) in [4.78, 5) is 10.3. The average molecular weight is 655 g/mol. The number of nitrogens with zero attached hydrogens (tertiary/aromatic N) is 2. The van der Waals surface area contributed by atoms with Crippen molar-refractivity contribution < 1.29 is 4.74 Å². The molecule has 0 atom stereocenters. The molecule has 0 saturated heterocycles. The Bertz CT molecular complexity index is 1190. The van der Waals surface area contributed by atoms with Gasteiger partial charge in [-0.05, 0) is 139 Å². The fourth-order valence-corrected chi connectivity index (χ4v) is 6.04. The summed E-state index contributed by atoms with van der Waals surface area (Å²) in [6, 6.07) is 6.88. The quantitative estimate of drug-likeness (QED) is 0.0912. The number of fused-ring (bicyclic) bond motifs is 1. The fourth-order valence-electron chi connectivity index (χ4n) is 5.34. The lowest BCUT2D eigenvalue weighted by molar-refractivity contribution is 0.132. The second kappa shape index (κ2) is 18.6. The SMILES string of the molecule is C/C=C\C=C(/C)CCCC1=C(I)CCC(c2ccc3c(CCCCCCC)cc(CCCOCCC)nc3n2)=C1. The molecule has 2 aromatic rings. The molecular formula is C36H51IN2O. The molecule has 0 bridgehead atoms. The van der Waals surface area contributed by atoms with Gasteiger partial charge >= 0.3 is 0 Å². The highest BCUT2D eigenvalue weighted by Gasteiger charge is 2.16. The molecular weight excluding hydrogens is 603 g/mol. The van der Waals surface area contributed by atoms with Crippen molar-refractivity contribution in [3.05, 3.63) is 74.2 Å². The van der Waals surface area contributed by atoms with Crippen molar-refractivity contribution >= 4 is 39.2 Å². The molecule has 2 heterocycles. The lowest BCUT2D eigenvalue weighted by Crippen LogP contribution is -2.03. The van der Waals surface area contributed by atoms with Crippen LogP contribution in [0.1, 0.15) is 122 Å². The van der Waals surface area contributed by atoms with E-state index in [-0.39, 0.29) is 0 Å². The molecule has 1 aliphatic carbocycles. The Morgan fingerprint density at radius 3 is 2.58 bits per heavy atom. The topological polar surface area (TPSA) is 35.0 Å².